The summed E-state index contributed by atoms with van der Waals surface area (Å²) in [5.41, 5.74) is 2.04. The summed E-state index contributed by atoms with van der Waals surface area (Å²) in [6.07, 6.45) is 6.29. The van der Waals surface area contributed by atoms with Crippen LogP contribution in [0.25, 0.3) is 0 Å². The molecule has 5 heteroatoms. The number of amides is 1. The van der Waals surface area contributed by atoms with E-state index in [9.17, 15) is 9.18 Å². The highest BCUT2D eigenvalue weighted by Gasteiger charge is 2.46. The molecule has 1 aromatic heterocycles. The number of hydrogen-bond donors (Lipinski definition) is 1. The Hall–Kier alpha value is -2.27. The van der Waals surface area contributed by atoms with Crippen molar-refractivity contribution < 1.29 is 9.18 Å². The Morgan fingerprint density at radius 1 is 1.20 bits per heavy atom. The summed E-state index contributed by atoms with van der Waals surface area (Å²) in [4.78, 5) is 19.0. The van der Waals surface area contributed by atoms with E-state index < -0.39 is 0 Å². The van der Waals surface area contributed by atoms with Gasteiger partial charge in [0.05, 0.1) is 5.92 Å². The fourth-order valence-corrected chi connectivity index (χ4v) is 4.05. The van der Waals surface area contributed by atoms with Crippen LogP contribution in [0.3, 0.4) is 0 Å². The largest absolute Gasteiger partial charge is 0.350 e. The van der Waals surface area contributed by atoms with Crippen LogP contribution in [0.4, 0.5) is 4.39 Å². The number of likely N-dealkylation sites (tertiary alicyclic amines) is 1. The smallest absolute Gasteiger partial charge is 0.228 e. The normalized spacial score (nSPS) is 22.9. The van der Waals surface area contributed by atoms with Crippen molar-refractivity contribution in [1.29, 1.82) is 0 Å². The van der Waals surface area contributed by atoms with Crippen molar-refractivity contribution in [3.05, 3.63) is 65.7 Å². The average molecular weight is 339 g/mol. The average Bonchev–Trinajstić information content (AvgIpc) is 2.96. The second kappa shape index (κ2) is 6.56. The molecule has 1 amide bonds. The third kappa shape index (κ3) is 3.42. The lowest BCUT2D eigenvalue weighted by Gasteiger charge is -2.39. The number of carbonyl (C=O) groups is 1. The van der Waals surface area contributed by atoms with Crippen molar-refractivity contribution >= 4 is 5.91 Å². The number of piperidine rings is 1. The van der Waals surface area contributed by atoms with E-state index in [1.165, 1.54) is 12.1 Å². The van der Waals surface area contributed by atoms with E-state index in [0.29, 0.717) is 0 Å². The highest BCUT2D eigenvalue weighted by atomic mass is 19.1. The van der Waals surface area contributed by atoms with E-state index >= 15 is 0 Å². The molecule has 2 saturated heterocycles. The zero-order valence-electron chi connectivity index (χ0n) is 14.1. The minimum atomic E-state index is -0.198. The molecule has 25 heavy (non-hydrogen) atoms. The summed E-state index contributed by atoms with van der Waals surface area (Å²) in [6, 6.07) is 10.6. The second-order valence-corrected chi connectivity index (χ2v) is 7.22. The summed E-state index contributed by atoms with van der Waals surface area (Å²) in [5, 5.41) is 3.27. The Morgan fingerprint density at radius 2 is 1.96 bits per heavy atom. The van der Waals surface area contributed by atoms with Crippen LogP contribution in [0.15, 0.2) is 48.8 Å². The maximum Gasteiger partial charge on any atom is 0.228 e. The summed E-state index contributed by atoms with van der Waals surface area (Å²) in [6.45, 7) is 2.71. The van der Waals surface area contributed by atoms with Crippen molar-refractivity contribution in [1.82, 2.24) is 15.2 Å². The number of hydrogen-bond acceptors (Lipinski definition) is 3. The first-order chi connectivity index (χ1) is 12.1. The molecule has 0 unspecified atom stereocenters. The maximum atomic E-state index is 13.0. The molecule has 0 bridgehead atoms. The summed E-state index contributed by atoms with van der Waals surface area (Å²) in [5.74, 6) is -0.159. The van der Waals surface area contributed by atoms with Gasteiger partial charge in [-0.3, -0.25) is 14.7 Å². The molecular weight excluding hydrogens is 317 g/mol. The van der Waals surface area contributed by atoms with E-state index in [4.69, 9.17) is 0 Å². The number of halogens is 1. The highest BCUT2D eigenvalue weighted by Crippen LogP contribution is 2.39. The molecule has 2 aliphatic heterocycles. The first-order valence-corrected chi connectivity index (χ1v) is 8.82. The quantitative estimate of drug-likeness (QED) is 0.935. The molecular formula is C20H22FN3O. The van der Waals surface area contributed by atoms with Crippen LogP contribution in [0, 0.1) is 5.82 Å². The van der Waals surface area contributed by atoms with E-state index in [1.54, 1.807) is 12.4 Å². The minimum absolute atomic E-state index is 0.0858. The van der Waals surface area contributed by atoms with Gasteiger partial charge in [0.1, 0.15) is 5.82 Å². The van der Waals surface area contributed by atoms with Crippen molar-refractivity contribution in [2.45, 2.75) is 37.3 Å². The van der Waals surface area contributed by atoms with Gasteiger partial charge in [-0.15, -0.1) is 0 Å². The number of nitrogens with zero attached hydrogens (tertiary/aromatic N) is 2. The molecule has 2 aliphatic rings. The lowest BCUT2D eigenvalue weighted by Crippen LogP contribution is -2.50. The third-order valence-electron chi connectivity index (χ3n) is 5.52. The first kappa shape index (κ1) is 16.2. The van der Waals surface area contributed by atoms with Gasteiger partial charge in [0.2, 0.25) is 5.91 Å². The standard InChI is InChI=1S/C20H22FN3O/c21-17-5-3-15(4-6-17)14-24-10-7-20(8-11-24)12-18(19(25)23-20)16-2-1-9-22-13-16/h1-6,9,13,18H,7-8,10-12,14H2,(H,23,25)/t18-/m1/s1. The number of rotatable bonds is 3. The van der Waals surface area contributed by atoms with Gasteiger partial charge in [-0.1, -0.05) is 18.2 Å². The van der Waals surface area contributed by atoms with Crippen LogP contribution in [0.2, 0.25) is 0 Å². The van der Waals surface area contributed by atoms with Crippen molar-refractivity contribution in [3.63, 3.8) is 0 Å². The molecule has 1 atom stereocenters. The van der Waals surface area contributed by atoms with E-state index in [-0.39, 0.29) is 23.2 Å². The van der Waals surface area contributed by atoms with Gasteiger partial charge in [0.25, 0.3) is 0 Å². The fourth-order valence-electron chi connectivity index (χ4n) is 4.05. The number of pyridine rings is 1. The minimum Gasteiger partial charge on any atom is -0.350 e. The zero-order chi connectivity index (χ0) is 17.3. The molecule has 0 saturated carbocycles. The van der Waals surface area contributed by atoms with Gasteiger partial charge >= 0.3 is 0 Å². The molecule has 130 valence electrons. The second-order valence-electron chi connectivity index (χ2n) is 7.22. The Morgan fingerprint density at radius 3 is 2.64 bits per heavy atom. The van der Waals surface area contributed by atoms with Crippen LogP contribution >= 0.6 is 0 Å². The van der Waals surface area contributed by atoms with Gasteiger partial charge in [-0.05, 0) is 48.6 Å². The molecule has 3 heterocycles. The molecule has 1 spiro atoms. The Balaban J connectivity index is 1.38. The number of aromatic nitrogens is 1. The SMILES string of the molecule is O=C1NC2(CCN(Cc3ccc(F)cc3)CC2)C[C@@H]1c1cccnc1. The summed E-state index contributed by atoms with van der Waals surface area (Å²) < 4.78 is 13.0. The predicted octanol–water partition coefficient (Wildman–Crippen LogP) is 2.86. The van der Waals surface area contributed by atoms with Gasteiger partial charge in [-0.2, -0.15) is 0 Å². The lowest BCUT2D eigenvalue weighted by atomic mass is 9.82. The Kier molecular flexibility index (Phi) is 4.25. The van der Waals surface area contributed by atoms with E-state index in [0.717, 1.165) is 50.0 Å². The molecule has 0 radical (unpaired) electrons. The molecule has 2 fully saturated rings. The molecule has 0 aliphatic carbocycles. The highest BCUT2D eigenvalue weighted by molar-refractivity contribution is 5.87. The van der Waals surface area contributed by atoms with Crippen LogP contribution in [-0.2, 0) is 11.3 Å². The Labute approximate surface area is 147 Å². The lowest BCUT2D eigenvalue weighted by molar-refractivity contribution is -0.121. The van der Waals surface area contributed by atoms with E-state index in [2.05, 4.69) is 15.2 Å². The Bertz CT molecular complexity index is 739. The third-order valence-corrected chi connectivity index (χ3v) is 5.52. The monoisotopic (exact) mass is 339 g/mol. The van der Waals surface area contributed by atoms with Crippen LogP contribution in [0.1, 0.15) is 36.3 Å². The van der Waals surface area contributed by atoms with Gasteiger partial charge in [0.15, 0.2) is 0 Å². The number of nitrogens with one attached hydrogen (secondary N) is 1. The molecule has 4 rings (SSSR count). The van der Waals surface area contributed by atoms with Crippen molar-refractivity contribution in [2.24, 2.45) is 0 Å². The molecule has 1 N–H and O–H groups in total. The van der Waals surface area contributed by atoms with Crippen molar-refractivity contribution in [2.75, 3.05) is 13.1 Å². The van der Waals surface area contributed by atoms with Gasteiger partial charge in [0, 0.05) is 37.6 Å². The summed E-state index contributed by atoms with van der Waals surface area (Å²) in [7, 11) is 0. The predicted molar refractivity (Wildman–Crippen MR) is 93.4 cm³/mol. The van der Waals surface area contributed by atoms with Gasteiger partial charge in [-0.25, -0.2) is 4.39 Å². The van der Waals surface area contributed by atoms with Crippen molar-refractivity contribution in [3.8, 4) is 0 Å². The molecule has 4 nitrogen and oxygen atoms in total. The van der Waals surface area contributed by atoms with Crippen LogP contribution in [0.5, 0.6) is 0 Å². The topological polar surface area (TPSA) is 45.2 Å². The maximum absolute atomic E-state index is 13.0. The van der Waals surface area contributed by atoms with E-state index in [1.807, 2.05) is 24.3 Å². The fraction of sp³-hybridized carbons (Fsp3) is 0.400. The van der Waals surface area contributed by atoms with Gasteiger partial charge < -0.3 is 5.32 Å². The van der Waals surface area contributed by atoms with Crippen LogP contribution in [-0.4, -0.2) is 34.4 Å². The van der Waals surface area contributed by atoms with Crippen LogP contribution < -0.4 is 5.32 Å². The first-order valence-electron chi connectivity index (χ1n) is 8.82. The number of benzene rings is 1. The molecule has 1 aromatic carbocycles. The summed E-state index contributed by atoms with van der Waals surface area (Å²) >= 11 is 0. The zero-order valence-corrected chi connectivity index (χ0v) is 14.1. The number of carbonyl (C=O) groups excluding carboxylic acids is 1. The molecule has 2 aromatic rings.